The lowest BCUT2D eigenvalue weighted by atomic mass is 9.81. The van der Waals surface area contributed by atoms with E-state index in [4.69, 9.17) is 4.74 Å². The number of para-hydroxylation sites is 1. The van der Waals surface area contributed by atoms with Crippen molar-refractivity contribution in [2.45, 2.75) is 51.5 Å². The molecule has 1 fully saturated rings. The molecule has 5 nitrogen and oxygen atoms in total. The molecule has 1 aliphatic carbocycles. The minimum atomic E-state index is -0.332. The first-order valence-electron chi connectivity index (χ1n) is 10.2. The second-order valence-electron chi connectivity index (χ2n) is 8.03. The number of hydrogen-bond acceptors (Lipinski definition) is 3. The summed E-state index contributed by atoms with van der Waals surface area (Å²) in [5, 5.41) is 12.9. The van der Waals surface area contributed by atoms with Gasteiger partial charge in [-0.15, -0.1) is 0 Å². The summed E-state index contributed by atoms with van der Waals surface area (Å²) >= 11 is 0. The Morgan fingerprint density at radius 3 is 2.75 bits per heavy atom. The molecule has 0 amide bonds. The molecule has 2 aromatic carbocycles. The van der Waals surface area contributed by atoms with Crippen LogP contribution in [0.2, 0.25) is 0 Å². The van der Waals surface area contributed by atoms with Gasteiger partial charge in [-0.3, -0.25) is 10.1 Å². The van der Waals surface area contributed by atoms with E-state index < -0.39 is 0 Å². The predicted octanol–water partition coefficient (Wildman–Crippen LogP) is 5.97. The van der Waals surface area contributed by atoms with Crippen molar-refractivity contribution in [1.29, 1.82) is 0 Å². The lowest BCUT2D eigenvalue weighted by Gasteiger charge is -2.23. The van der Waals surface area contributed by atoms with Crippen LogP contribution in [0.5, 0.6) is 5.75 Å². The van der Waals surface area contributed by atoms with Gasteiger partial charge in [0.15, 0.2) is 0 Å². The van der Waals surface area contributed by atoms with Gasteiger partial charge < -0.3 is 9.30 Å². The Morgan fingerprint density at radius 2 is 1.96 bits per heavy atom. The first kappa shape index (κ1) is 17.3. The molecule has 144 valence electrons. The summed E-state index contributed by atoms with van der Waals surface area (Å²) in [5.41, 5.74) is 5.86. The number of nitro groups is 1. The van der Waals surface area contributed by atoms with Crippen molar-refractivity contribution in [3.8, 4) is 17.0 Å². The van der Waals surface area contributed by atoms with Gasteiger partial charge >= 0.3 is 5.69 Å². The largest absolute Gasteiger partial charge is 0.484 e. The molecule has 0 N–H and O–H groups in total. The summed E-state index contributed by atoms with van der Waals surface area (Å²) in [6.45, 7) is 3.26. The molecule has 5 rings (SSSR count). The van der Waals surface area contributed by atoms with Crippen molar-refractivity contribution in [1.82, 2.24) is 4.57 Å². The molecule has 3 aromatic rings. The van der Waals surface area contributed by atoms with Crippen molar-refractivity contribution in [3.05, 3.63) is 57.6 Å². The average molecular weight is 376 g/mol. The second-order valence-corrected chi connectivity index (χ2v) is 8.03. The minimum absolute atomic E-state index is 0.0574. The highest BCUT2D eigenvalue weighted by molar-refractivity contribution is 5.95. The third kappa shape index (κ3) is 2.60. The maximum Gasteiger partial charge on any atom is 0.311 e. The van der Waals surface area contributed by atoms with Gasteiger partial charge in [-0.1, -0.05) is 37.5 Å². The number of ether oxygens (including phenoxy) is 1. The van der Waals surface area contributed by atoms with Crippen LogP contribution in [0.25, 0.3) is 22.2 Å². The Balaban J connectivity index is 1.85. The summed E-state index contributed by atoms with van der Waals surface area (Å²) in [7, 11) is 0. The summed E-state index contributed by atoms with van der Waals surface area (Å²) < 4.78 is 8.28. The van der Waals surface area contributed by atoms with Gasteiger partial charge in [0.05, 0.1) is 17.2 Å². The molecule has 0 saturated heterocycles. The monoisotopic (exact) mass is 376 g/mol. The Hall–Kier alpha value is -2.82. The van der Waals surface area contributed by atoms with Gasteiger partial charge in [-0.05, 0) is 48.9 Å². The van der Waals surface area contributed by atoms with Crippen LogP contribution in [0.4, 0.5) is 5.69 Å². The summed E-state index contributed by atoms with van der Waals surface area (Å²) in [6, 6.07) is 12.0. The third-order valence-electron chi connectivity index (χ3n) is 6.28. The number of fused-ring (bicyclic) bond motifs is 5. The standard InChI is InChI=1S/C23H24N2O3/c1-15-10-11-17-20(14-15)24-12-13-28-23-18(8-5-9-19(23)25(26)27)22(24)21(17)16-6-3-2-4-7-16/h5,8-11,14,16H,2-4,6-7,12-13H2,1H3. The van der Waals surface area contributed by atoms with Crippen molar-refractivity contribution >= 4 is 16.6 Å². The molecule has 1 saturated carbocycles. The van der Waals surface area contributed by atoms with Gasteiger partial charge in [0.2, 0.25) is 5.75 Å². The fourth-order valence-electron chi connectivity index (χ4n) is 5.06. The van der Waals surface area contributed by atoms with Crippen molar-refractivity contribution in [3.63, 3.8) is 0 Å². The quantitative estimate of drug-likeness (QED) is 0.409. The van der Waals surface area contributed by atoms with Gasteiger partial charge in [0, 0.05) is 22.5 Å². The van der Waals surface area contributed by atoms with E-state index in [2.05, 4.69) is 29.7 Å². The smallest absolute Gasteiger partial charge is 0.311 e. The molecular weight excluding hydrogens is 352 g/mol. The van der Waals surface area contributed by atoms with E-state index in [9.17, 15) is 10.1 Å². The molecule has 28 heavy (non-hydrogen) atoms. The maximum atomic E-state index is 11.6. The number of aromatic nitrogens is 1. The molecule has 2 heterocycles. The zero-order valence-corrected chi connectivity index (χ0v) is 16.1. The van der Waals surface area contributed by atoms with Crippen molar-refractivity contribution in [2.75, 3.05) is 6.61 Å². The van der Waals surface area contributed by atoms with Crippen molar-refractivity contribution in [2.24, 2.45) is 0 Å². The van der Waals surface area contributed by atoms with Crippen LogP contribution in [0.1, 0.15) is 49.1 Å². The van der Waals surface area contributed by atoms with Crippen LogP contribution in [0.3, 0.4) is 0 Å². The van der Waals surface area contributed by atoms with E-state index in [1.807, 2.05) is 6.07 Å². The molecule has 5 heteroatoms. The van der Waals surface area contributed by atoms with Crippen molar-refractivity contribution < 1.29 is 9.66 Å². The van der Waals surface area contributed by atoms with Gasteiger partial charge in [-0.2, -0.15) is 0 Å². The first-order chi connectivity index (χ1) is 13.6. The Morgan fingerprint density at radius 1 is 1.14 bits per heavy atom. The summed E-state index contributed by atoms with van der Waals surface area (Å²) in [6.07, 6.45) is 6.17. The first-order valence-corrected chi connectivity index (χ1v) is 10.2. The highest BCUT2D eigenvalue weighted by Gasteiger charge is 2.31. The van der Waals surface area contributed by atoms with E-state index in [1.54, 1.807) is 12.1 Å². The average Bonchev–Trinajstić information content (AvgIpc) is 2.89. The third-order valence-corrected chi connectivity index (χ3v) is 6.28. The Labute approximate surface area is 164 Å². The van der Waals surface area contributed by atoms with E-state index >= 15 is 0 Å². The molecule has 0 bridgehead atoms. The number of hydrogen-bond donors (Lipinski definition) is 0. The molecule has 0 atom stereocenters. The van der Waals surface area contributed by atoms with E-state index in [1.165, 1.54) is 54.1 Å². The highest BCUT2D eigenvalue weighted by Crippen LogP contribution is 2.48. The van der Waals surface area contributed by atoms with Gasteiger partial charge in [0.1, 0.15) is 6.61 Å². The number of nitro benzene ring substituents is 1. The van der Waals surface area contributed by atoms with Crippen LogP contribution in [-0.4, -0.2) is 16.1 Å². The summed E-state index contributed by atoms with van der Waals surface area (Å²) in [5.74, 6) is 0.920. The van der Waals surface area contributed by atoms with Gasteiger partial charge in [-0.25, -0.2) is 0 Å². The van der Waals surface area contributed by atoms with Gasteiger partial charge in [0.25, 0.3) is 0 Å². The predicted molar refractivity (Wildman–Crippen MR) is 110 cm³/mol. The van der Waals surface area contributed by atoms with Crippen LogP contribution in [-0.2, 0) is 6.54 Å². The highest BCUT2D eigenvalue weighted by atomic mass is 16.6. The Bertz CT molecular complexity index is 1080. The molecule has 2 aliphatic rings. The molecule has 0 radical (unpaired) electrons. The fourth-order valence-corrected chi connectivity index (χ4v) is 5.06. The number of benzene rings is 2. The normalized spacial score (nSPS) is 16.9. The maximum absolute atomic E-state index is 11.6. The van der Waals surface area contributed by atoms with Crippen LogP contribution in [0, 0.1) is 17.0 Å². The van der Waals surface area contributed by atoms with Crippen LogP contribution >= 0.6 is 0 Å². The van der Waals surface area contributed by atoms with E-state index in [0.717, 1.165) is 11.3 Å². The topological polar surface area (TPSA) is 57.3 Å². The minimum Gasteiger partial charge on any atom is -0.484 e. The van der Waals surface area contributed by atoms with E-state index in [-0.39, 0.29) is 10.6 Å². The number of rotatable bonds is 2. The fraction of sp³-hybridized carbons (Fsp3) is 0.391. The molecule has 1 aliphatic heterocycles. The molecular formula is C23H24N2O3. The lowest BCUT2D eigenvalue weighted by Crippen LogP contribution is -2.07. The second kappa shape index (κ2) is 6.66. The molecule has 0 unspecified atom stereocenters. The molecule has 1 aromatic heterocycles. The lowest BCUT2D eigenvalue weighted by molar-refractivity contribution is -0.385. The summed E-state index contributed by atoms with van der Waals surface area (Å²) in [4.78, 5) is 11.3. The van der Waals surface area contributed by atoms with Crippen LogP contribution < -0.4 is 4.74 Å². The van der Waals surface area contributed by atoms with Crippen LogP contribution in [0.15, 0.2) is 36.4 Å². The number of nitrogens with zero attached hydrogens (tertiary/aromatic N) is 2. The zero-order chi connectivity index (χ0) is 19.3. The SMILES string of the molecule is Cc1ccc2c(C3CCCCC3)c3n(c2c1)CCOc1c-3cccc1[N+](=O)[O-]. The Kier molecular flexibility index (Phi) is 4.11. The van der Waals surface area contributed by atoms with E-state index in [0.29, 0.717) is 24.8 Å². The number of aryl methyl sites for hydroxylation is 1. The zero-order valence-electron chi connectivity index (χ0n) is 16.1. The molecule has 0 spiro atoms.